The number of aliphatic carboxylic acids is 1. The second-order valence-corrected chi connectivity index (χ2v) is 5.34. The molecule has 2 amide bonds. The van der Waals surface area contributed by atoms with Crippen LogP contribution in [0.1, 0.15) is 12.5 Å². The summed E-state index contributed by atoms with van der Waals surface area (Å²) in [5, 5.41) is 9.18. The Morgan fingerprint density at radius 1 is 1.32 bits per heavy atom. The zero-order chi connectivity index (χ0) is 18.9. The molecule has 0 bridgehead atoms. The Morgan fingerprint density at radius 2 is 1.96 bits per heavy atom. The Kier molecular flexibility index (Phi) is 4.84. The highest BCUT2D eigenvalue weighted by molar-refractivity contribution is 6.12. The van der Waals surface area contributed by atoms with Gasteiger partial charge in [-0.15, -0.1) is 0 Å². The Balaban J connectivity index is 2.56. The third-order valence-corrected chi connectivity index (χ3v) is 3.80. The van der Waals surface area contributed by atoms with E-state index in [0.717, 1.165) is 29.2 Å². The molecule has 25 heavy (non-hydrogen) atoms. The zero-order valence-electron chi connectivity index (χ0n) is 12.9. The fourth-order valence-corrected chi connectivity index (χ4v) is 2.58. The molecule has 1 aromatic carbocycles. The lowest BCUT2D eigenvalue weighted by Crippen LogP contribution is -2.52. The number of carbonyl (C=O) groups excluding carboxylic acids is 2. The molecule has 0 aliphatic carbocycles. The van der Waals surface area contributed by atoms with E-state index in [1.807, 2.05) is 5.43 Å². The summed E-state index contributed by atoms with van der Waals surface area (Å²) in [5.41, 5.74) is 0.521. The van der Waals surface area contributed by atoms with Crippen LogP contribution in [-0.2, 0) is 20.6 Å². The first-order valence-corrected chi connectivity index (χ1v) is 7.03. The maximum atomic E-state index is 12.9. The van der Waals surface area contributed by atoms with E-state index >= 15 is 0 Å². The molecule has 0 aromatic heterocycles. The molecule has 2 atom stereocenters. The van der Waals surface area contributed by atoms with E-state index in [2.05, 4.69) is 0 Å². The van der Waals surface area contributed by atoms with Crippen molar-refractivity contribution in [3.8, 4) is 0 Å². The van der Waals surface area contributed by atoms with Gasteiger partial charge in [0.15, 0.2) is 5.92 Å². The molecule has 134 valence electrons. The average molecular weight is 357 g/mol. The molecule has 4 N–H and O–H groups in total. The van der Waals surface area contributed by atoms with Crippen molar-refractivity contribution in [3.63, 3.8) is 0 Å². The number of hydrazine groups is 1. The van der Waals surface area contributed by atoms with Gasteiger partial charge < -0.3 is 10.0 Å². The van der Waals surface area contributed by atoms with Gasteiger partial charge in [0.05, 0.1) is 11.6 Å². The first kappa shape index (κ1) is 18.5. The van der Waals surface area contributed by atoms with Crippen LogP contribution in [0.2, 0.25) is 0 Å². The summed E-state index contributed by atoms with van der Waals surface area (Å²) in [6.07, 6.45) is -3.70. The van der Waals surface area contributed by atoms with Crippen molar-refractivity contribution < 1.29 is 32.7 Å². The van der Waals surface area contributed by atoms with Crippen LogP contribution in [0.4, 0.5) is 18.9 Å². The van der Waals surface area contributed by atoms with Crippen molar-refractivity contribution in [3.05, 3.63) is 41.5 Å². The number of amides is 2. The summed E-state index contributed by atoms with van der Waals surface area (Å²) >= 11 is 0. The lowest BCUT2D eigenvalue weighted by atomic mass is 9.92. The number of nitrogens with two attached hydrogens (primary N) is 1. The number of anilines is 1. The number of benzene rings is 1. The van der Waals surface area contributed by atoms with Gasteiger partial charge in [-0.25, -0.2) is 5.84 Å². The standard InChI is InChI=1S/C15H14F3N3O4/c1-7-10(12(22)20-19)6-11(14(24)25)13(23)21(7)9-4-2-3-8(5-9)15(16,17)18/h2-7,11H,19H2,1H3,(H,20,22)(H,24,25). The fourth-order valence-electron chi connectivity index (χ4n) is 2.58. The molecule has 2 rings (SSSR count). The third kappa shape index (κ3) is 3.48. The van der Waals surface area contributed by atoms with Crippen molar-refractivity contribution >= 4 is 23.5 Å². The van der Waals surface area contributed by atoms with Gasteiger partial charge in [0, 0.05) is 11.3 Å². The molecular weight excluding hydrogens is 343 g/mol. The first-order valence-electron chi connectivity index (χ1n) is 7.03. The van der Waals surface area contributed by atoms with Gasteiger partial charge >= 0.3 is 12.1 Å². The number of rotatable bonds is 3. The largest absolute Gasteiger partial charge is 0.480 e. The van der Waals surface area contributed by atoms with Crippen LogP contribution < -0.4 is 16.2 Å². The molecule has 0 fully saturated rings. The summed E-state index contributed by atoms with van der Waals surface area (Å²) in [7, 11) is 0. The fraction of sp³-hybridized carbons (Fsp3) is 0.267. The highest BCUT2D eigenvalue weighted by Crippen LogP contribution is 2.34. The van der Waals surface area contributed by atoms with Gasteiger partial charge in [-0.3, -0.25) is 19.8 Å². The Hall–Kier alpha value is -2.88. The molecule has 0 saturated heterocycles. The van der Waals surface area contributed by atoms with Crippen molar-refractivity contribution in [2.45, 2.75) is 19.1 Å². The summed E-state index contributed by atoms with van der Waals surface area (Å²) in [6.45, 7) is 1.39. The summed E-state index contributed by atoms with van der Waals surface area (Å²) in [6, 6.07) is 2.85. The lowest BCUT2D eigenvalue weighted by Gasteiger charge is -2.36. The highest BCUT2D eigenvalue weighted by atomic mass is 19.4. The Labute approximate surface area is 139 Å². The van der Waals surface area contributed by atoms with E-state index in [1.54, 1.807) is 0 Å². The van der Waals surface area contributed by atoms with Crippen LogP contribution >= 0.6 is 0 Å². The number of hydrogen-bond donors (Lipinski definition) is 3. The highest BCUT2D eigenvalue weighted by Gasteiger charge is 2.41. The lowest BCUT2D eigenvalue weighted by molar-refractivity contribution is -0.144. The van der Waals surface area contributed by atoms with Gasteiger partial charge in [-0.05, 0) is 25.1 Å². The maximum Gasteiger partial charge on any atom is 0.416 e. The number of alkyl halides is 3. The minimum atomic E-state index is -4.64. The van der Waals surface area contributed by atoms with Crippen LogP contribution in [0, 0.1) is 5.92 Å². The summed E-state index contributed by atoms with van der Waals surface area (Å²) in [4.78, 5) is 36.4. The molecule has 2 unspecified atom stereocenters. The molecule has 10 heteroatoms. The van der Waals surface area contributed by atoms with Gasteiger partial charge in [0.25, 0.3) is 5.91 Å². The molecule has 7 nitrogen and oxygen atoms in total. The van der Waals surface area contributed by atoms with Crippen LogP contribution in [0.5, 0.6) is 0 Å². The van der Waals surface area contributed by atoms with E-state index in [0.29, 0.717) is 0 Å². The Morgan fingerprint density at radius 3 is 2.48 bits per heavy atom. The molecule has 0 spiro atoms. The molecular formula is C15H14F3N3O4. The molecule has 0 saturated carbocycles. The summed E-state index contributed by atoms with van der Waals surface area (Å²) in [5.74, 6) is 0.0238. The van der Waals surface area contributed by atoms with Crippen molar-refractivity contribution in [1.82, 2.24) is 5.43 Å². The van der Waals surface area contributed by atoms with E-state index in [-0.39, 0.29) is 11.3 Å². The predicted octanol–water partition coefficient (Wildman–Crippen LogP) is 1.06. The van der Waals surface area contributed by atoms with Crippen LogP contribution in [0.3, 0.4) is 0 Å². The number of hydrogen-bond acceptors (Lipinski definition) is 4. The first-order chi connectivity index (χ1) is 11.6. The molecule has 1 aromatic rings. The van der Waals surface area contributed by atoms with Gasteiger partial charge in [0.1, 0.15) is 0 Å². The van der Waals surface area contributed by atoms with E-state index in [4.69, 9.17) is 5.84 Å². The van der Waals surface area contributed by atoms with Gasteiger partial charge in [0.2, 0.25) is 5.91 Å². The number of halogens is 3. The topological polar surface area (TPSA) is 113 Å². The second kappa shape index (κ2) is 6.55. The molecule has 1 aliphatic heterocycles. The molecule has 1 aliphatic rings. The Bertz CT molecular complexity index is 761. The number of nitrogens with one attached hydrogen (secondary N) is 1. The number of carbonyl (C=O) groups is 3. The third-order valence-electron chi connectivity index (χ3n) is 3.80. The minimum Gasteiger partial charge on any atom is -0.480 e. The smallest absolute Gasteiger partial charge is 0.416 e. The van der Waals surface area contributed by atoms with E-state index in [1.165, 1.54) is 13.0 Å². The SMILES string of the molecule is CC1C(C(=O)NN)=CC(C(=O)O)C(=O)N1c1cccc(C(F)(F)F)c1. The number of carboxylic acid groups (broad SMARTS) is 1. The van der Waals surface area contributed by atoms with Crippen molar-refractivity contribution in [2.75, 3.05) is 4.90 Å². The zero-order valence-corrected chi connectivity index (χ0v) is 12.9. The minimum absolute atomic E-state index is 0.132. The van der Waals surface area contributed by atoms with Crippen molar-refractivity contribution in [2.24, 2.45) is 11.8 Å². The average Bonchev–Trinajstić information content (AvgIpc) is 2.53. The predicted molar refractivity (Wildman–Crippen MR) is 79.9 cm³/mol. The molecule has 0 radical (unpaired) electrons. The number of carboxylic acids is 1. The normalized spacial score (nSPS) is 20.9. The maximum absolute atomic E-state index is 12.9. The van der Waals surface area contributed by atoms with Crippen LogP contribution in [-0.4, -0.2) is 28.9 Å². The van der Waals surface area contributed by atoms with Crippen LogP contribution in [0.25, 0.3) is 0 Å². The van der Waals surface area contributed by atoms with Crippen LogP contribution in [0.15, 0.2) is 35.9 Å². The van der Waals surface area contributed by atoms with Crippen molar-refractivity contribution in [1.29, 1.82) is 0 Å². The number of nitrogens with zero attached hydrogens (tertiary/aromatic N) is 1. The van der Waals surface area contributed by atoms with E-state index < -0.39 is 41.5 Å². The van der Waals surface area contributed by atoms with E-state index in [9.17, 15) is 32.7 Å². The summed E-state index contributed by atoms with van der Waals surface area (Å²) < 4.78 is 38.7. The monoisotopic (exact) mass is 357 g/mol. The van der Waals surface area contributed by atoms with Gasteiger partial charge in [-0.2, -0.15) is 13.2 Å². The molecule has 1 heterocycles. The van der Waals surface area contributed by atoms with Gasteiger partial charge in [-0.1, -0.05) is 12.1 Å². The quantitative estimate of drug-likeness (QED) is 0.324. The second-order valence-electron chi connectivity index (χ2n) is 5.34.